The lowest BCUT2D eigenvalue weighted by atomic mass is 9.95. The number of aliphatic hydroxyl groups is 1. The van der Waals surface area contributed by atoms with Crippen LogP contribution >= 0.6 is 0 Å². The van der Waals surface area contributed by atoms with Crippen molar-refractivity contribution in [3.05, 3.63) is 0 Å². The molecule has 3 unspecified atom stereocenters. The fourth-order valence-electron chi connectivity index (χ4n) is 2.88. The highest BCUT2D eigenvalue weighted by atomic mass is 16.5. The minimum absolute atomic E-state index is 0.110. The highest BCUT2D eigenvalue weighted by Gasteiger charge is 2.29. The number of hydrogen-bond donors (Lipinski definition) is 2. The van der Waals surface area contributed by atoms with Gasteiger partial charge in [0.2, 0.25) is 0 Å². The molecule has 2 aliphatic rings. The van der Waals surface area contributed by atoms with Crippen LogP contribution in [0.1, 0.15) is 26.2 Å². The van der Waals surface area contributed by atoms with Gasteiger partial charge < -0.3 is 20.1 Å². The van der Waals surface area contributed by atoms with E-state index in [-0.39, 0.29) is 6.10 Å². The van der Waals surface area contributed by atoms with E-state index in [1.165, 1.54) is 6.42 Å². The summed E-state index contributed by atoms with van der Waals surface area (Å²) >= 11 is 0. The number of nitrogens with one attached hydrogen (secondary N) is 1. The number of nitrogens with zero attached hydrogens (tertiary/aromatic N) is 1. The average molecular weight is 242 g/mol. The predicted molar refractivity (Wildman–Crippen MR) is 68.1 cm³/mol. The Hall–Kier alpha value is -0.160. The number of ether oxygens (including phenoxy) is 1. The highest BCUT2D eigenvalue weighted by molar-refractivity contribution is 4.84. The SMILES string of the molecule is CCCNC1CCOCC1CN1CCC(O)C1. The first-order chi connectivity index (χ1) is 8.29. The molecule has 0 aromatic carbocycles. The van der Waals surface area contributed by atoms with E-state index in [0.717, 1.165) is 52.2 Å². The van der Waals surface area contributed by atoms with Crippen LogP contribution in [0.25, 0.3) is 0 Å². The molecule has 2 saturated heterocycles. The Morgan fingerprint density at radius 3 is 3.00 bits per heavy atom. The van der Waals surface area contributed by atoms with E-state index in [2.05, 4.69) is 17.1 Å². The summed E-state index contributed by atoms with van der Waals surface area (Å²) < 4.78 is 5.60. The molecule has 0 amide bonds. The van der Waals surface area contributed by atoms with Crippen LogP contribution in [0.3, 0.4) is 0 Å². The van der Waals surface area contributed by atoms with Gasteiger partial charge in [-0.25, -0.2) is 0 Å². The lowest BCUT2D eigenvalue weighted by Crippen LogP contribution is -2.47. The lowest BCUT2D eigenvalue weighted by Gasteiger charge is -2.34. The molecule has 2 N–H and O–H groups in total. The van der Waals surface area contributed by atoms with E-state index in [0.29, 0.717) is 12.0 Å². The number of β-amino-alcohol motifs (C(OH)–C–C–N with tert-alkyl or cyclic N) is 1. The summed E-state index contributed by atoms with van der Waals surface area (Å²) in [5.41, 5.74) is 0. The van der Waals surface area contributed by atoms with Gasteiger partial charge in [-0.2, -0.15) is 0 Å². The van der Waals surface area contributed by atoms with Gasteiger partial charge in [0.1, 0.15) is 0 Å². The third-order valence-electron chi connectivity index (χ3n) is 3.87. The van der Waals surface area contributed by atoms with Crippen LogP contribution in [0.4, 0.5) is 0 Å². The Bertz CT molecular complexity index is 225. The second-order valence-corrected chi connectivity index (χ2v) is 5.39. The van der Waals surface area contributed by atoms with Crippen LogP contribution in [-0.2, 0) is 4.74 Å². The van der Waals surface area contributed by atoms with Gasteiger partial charge in [-0.3, -0.25) is 0 Å². The Kier molecular flexibility index (Phi) is 5.22. The molecule has 4 heteroatoms. The van der Waals surface area contributed by atoms with E-state index < -0.39 is 0 Å². The number of likely N-dealkylation sites (tertiary alicyclic amines) is 1. The molecule has 2 heterocycles. The highest BCUT2D eigenvalue weighted by Crippen LogP contribution is 2.19. The van der Waals surface area contributed by atoms with Crippen LogP contribution in [0.2, 0.25) is 0 Å². The maximum Gasteiger partial charge on any atom is 0.0679 e. The van der Waals surface area contributed by atoms with E-state index in [1.807, 2.05) is 0 Å². The topological polar surface area (TPSA) is 44.7 Å². The average Bonchev–Trinajstić information content (AvgIpc) is 2.74. The molecule has 0 bridgehead atoms. The van der Waals surface area contributed by atoms with Crippen molar-refractivity contribution < 1.29 is 9.84 Å². The van der Waals surface area contributed by atoms with Gasteiger partial charge in [0.25, 0.3) is 0 Å². The van der Waals surface area contributed by atoms with Gasteiger partial charge in [0.05, 0.1) is 12.7 Å². The second-order valence-electron chi connectivity index (χ2n) is 5.39. The van der Waals surface area contributed by atoms with Crippen molar-refractivity contribution in [2.24, 2.45) is 5.92 Å². The summed E-state index contributed by atoms with van der Waals surface area (Å²) in [5, 5.41) is 13.2. The first kappa shape index (κ1) is 13.3. The largest absolute Gasteiger partial charge is 0.392 e. The standard InChI is InChI=1S/C13H26N2O2/c1-2-5-14-13-4-7-17-10-11(13)8-15-6-3-12(16)9-15/h11-14,16H,2-10H2,1H3. The first-order valence-electron chi connectivity index (χ1n) is 7.01. The summed E-state index contributed by atoms with van der Waals surface area (Å²) in [6.07, 6.45) is 3.13. The predicted octanol–water partition coefficient (Wildman–Crippen LogP) is 0.458. The van der Waals surface area contributed by atoms with Crippen molar-refractivity contribution in [2.45, 2.75) is 38.3 Å². The third kappa shape index (κ3) is 3.91. The van der Waals surface area contributed by atoms with E-state index in [9.17, 15) is 5.11 Å². The van der Waals surface area contributed by atoms with Crippen LogP contribution in [0.15, 0.2) is 0 Å². The minimum atomic E-state index is -0.110. The van der Waals surface area contributed by atoms with Gasteiger partial charge in [0, 0.05) is 38.2 Å². The Morgan fingerprint density at radius 2 is 2.29 bits per heavy atom. The summed E-state index contributed by atoms with van der Waals surface area (Å²) in [7, 11) is 0. The Balaban J connectivity index is 1.79. The van der Waals surface area contributed by atoms with E-state index in [1.54, 1.807) is 0 Å². The van der Waals surface area contributed by atoms with Crippen molar-refractivity contribution in [2.75, 3.05) is 39.4 Å². The summed E-state index contributed by atoms with van der Waals surface area (Å²) in [6, 6.07) is 0.599. The van der Waals surface area contributed by atoms with Crippen LogP contribution in [0, 0.1) is 5.92 Å². The maximum absolute atomic E-state index is 9.55. The van der Waals surface area contributed by atoms with Gasteiger partial charge in [-0.05, 0) is 25.8 Å². The third-order valence-corrected chi connectivity index (χ3v) is 3.87. The van der Waals surface area contributed by atoms with Crippen molar-refractivity contribution in [1.29, 1.82) is 0 Å². The smallest absolute Gasteiger partial charge is 0.0679 e. The van der Waals surface area contributed by atoms with E-state index in [4.69, 9.17) is 4.74 Å². The van der Waals surface area contributed by atoms with Crippen LogP contribution in [-0.4, -0.2) is 61.5 Å². The molecular formula is C13H26N2O2. The maximum atomic E-state index is 9.55. The molecular weight excluding hydrogens is 216 g/mol. The molecule has 0 saturated carbocycles. The van der Waals surface area contributed by atoms with Crippen molar-refractivity contribution in [3.8, 4) is 0 Å². The normalized spacial score (nSPS) is 35.3. The molecule has 0 aromatic heterocycles. The summed E-state index contributed by atoms with van der Waals surface area (Å²) in [5.74, 6) is 0.584. The minimum Gasteiger partial charge on any atom is -0.392 e. The number of rotatable bonds is 5. The van der Waals surface area contributed by atoms with Gasteiger partial charge in [-0.15, -0.1) is 0 Å². The Morgan fingerprint density at radius 1 is 1.41 bits per heavy atom. The zero-order chi connectivity index (χ0) is 12.1. The lowest BCUT2D eigenvalue weighted by molar-refractivity contribution is 0.0181. The van der Waals surface area contributed by atoms with E-state index >= 15 is 0 Å². The Labute approximate surface area is 104 Å². The zero-order valence-corrected chi connectivity index (χ0v) is 10.9. The van der Waals surface area contributed by atoms with Crippen molar-refractivity contribution in [1.82, 2.24) is 10.2 Å². The summed E-state index contributed by atoms with van der Waals surface area (Å²) in [4.78, 5) is 2.38. The van der Waals surface area contributed by atoms with Gasteiger partial charge in [0.15, 0.2) is 0 Å². The monoisotopic (exact) mass is 242 g/mol. The van der Waals surface area contributed by atoms with Gasteiger partial charge in [-0.1, -0.05) is 6.92 Å². The molecule has 3 atom stereocenters. The number of aliphatic hydroxyl groups excluding tert-OH is 1. The fourth-order valence-corrected chi connectivity index (χ4v) is 2.88. The first-order valence-corrected chi connectivity index (χ1v) is 7.01. The molecule has 2 rings (SSSR count). The molecule has 0 aromatic rings. The quantitative estimate of drug-likeness (QED) is 0.735. The fraction of sp³-hybridized carbons (Fsp3) is 1.00. The molecule has 2 aliphatic heterocycles. The molecule has 0 spiro atoms. The molecule has 0 radical (unpaired) electrons. The molecule has 0 aliphatic carbocycles. The second kappa shape index (κ2) is 6.69. The summed E-state index contributed by atoms with van der Waals surface area (Å²) in [6.45, 7) is 8.02. The number of hydrogen-bond acceptors (Lipinski definition) is 4. The van der Waals surface area contributed by atoms with Crippen LogP contribution < -0.4 is 5.32 Å². The molecule has 4 nitrogen and oxygen atoms in total. The van der Waals surface area contributed by atoms with Crippen LogP contribution in [0.5, 0.6) is 0 Å². The molecule has 100 valence electrons. The van der Waals surface area contributed by atoms with Crippen molar-refractivity contribution in [3.63, 3.8) is 0 Å². The molecule has 2 fully saturated rings. The molecule has 17 heavy (non-hydrogen) atoms. The zero-order valence-electron chi connectivity index (χ0n) is 10.9. The van der Waals surface area contributed by atoms with Crippen molar-refractivity contribution >= 4 is 0 Å². The van der Waals surface area contributed by atoms with Gasteiger partial charge >= 0.3 is 0 Å².